The minimum Gasteiger partial charge on any atom is -0.497 e. The summed E-state index contributed by atoms with van der Waals surface area (Å²) in [5, 5.41) is 2.74. The van der Waals surface area contributed by atoms with Crippen LogP contribution in [0.4, 0.5) is 5.69 Å². The molecule has 3 N–H and O–H groups in total. The molecule has 2 heterocycles. The summed E-state index contributed by atoms with van der Waals surface area (Å²) in [5.74, 6) is 1.19. The van der Waals surface area contributed by atoms with Crippen molar-refractivity contribution in [2.45, 2.75) is 6.92 Å². The van der Waals surface area contributed by atoms with Crippen molar-refractivity contribution in [3.63, 3.8) is 0 Å². The van der Waals surface area contributed by atoms with Crippen LogP contribution < -0.4 is 20.5 Å². The van der Waals surface area contributed by atoms with E-state index in [1.165, 1.54) is 0 Å². The molecular formula is C18H20N4O3. The summed E-state index contributed by atoms with van der Waals surface area (Å²) in [6.07, 6.45) is 1.82. The van der Waals surface area contributed by atoms with Crippen LogP contribution in [0.2, 0.25) is 0 Å². The fraction of sp³-hybridized carbons (Fsp3) is 0.222. The number of aromatic nitrogens is 2. The summed E-state index contributed by atoms with van der Waals surface area (Å²) in [5.41, 5.74) is 9.33. The van der Waals surface area contributed by atoms with E-state index < -0.39 is 0 Å². The largest absolute Gasteiger partial charge is 0.497 e. The van der Waals surface area contributed by atoms with Crippen molar-refractivity contribution in [2.75, 3.05) is 26.1 Å². The number of nitrogens with one attached hydrogen (secondary N) is 1. The van der Waals surface area contributed by atoms with Gasteiger partial charge in [0.25, 0.3) is 0 Å². The molecule has 3 rings (SSSR count). The Kier molecular flexibility index (Phi) is 4.58. The Morgan fingerprint density at radius 3 is 2.72 bits per heavy atom. The molecule has 0 atom stereocenters. The summed E-state index contributed by atoms with van der Waals surface area (Å²) >= 11 is 0. The number of aryl methyl sites for hydroxylation is 1. The maximum atomic E-state index is 11.5. The molecule has 1 aromatic carbocycles. The molecule has 7 heteroatoms. The van der Waals surface area contributed by atoms with Crippen molar-refractivity contribution < 1.29 is 14.3 Å². The molecule has 0 radical (unpaired) electrons. The topological polar surface area (TPSA) is 90.9 Å². The molecular weight excluding hydrogens is 320 g/mol. The van der Waals surface area contributed by atoms with Crippen molar-refractivity contribution in [1.82, 2.24) is 9.38 Å². The maximum Gasteiger partial charge on any atom is 0.238 e. The van der Waals surface area contributed by atoms with E-state index in [1.807, 2.05) is 41.8 Å². The quantitative estimate of drug-likeness (QED) is 0.743. The first-order chi connectivity index (χ1) is 12.1. The van der Waals surface area contributed by atoms with Crippen molar-refractivity contribution in [3.05, 3.63) is 42.2 Å². The molecule has 0 aliphatic heterocycles. The zero-order chi connectivity index (χ0) is 18.0. The highest BCUT2D eigenvalue weighted by Crippen LogP contribution is 2.35. The van der Waals surface area contributed by atoms with Crippen LogP contribution in [0, 0.1) is 6.92 Å². The predicted octanol–water partition coefficient (Wildman–Crippen LogP) is 2.22. The molecule has 1 amide bonds. The molecule has 25 heavy (non-hydrogen) atoms. The molecule has 0 aliphatic carbocycles. The second-order valence-electron chi connectivity index (χ2n) is 5.51. The molecule has 0 saturated carbocycles. The van der Waals surface area contributed by atoms with Gasteiger partial charge in [0.05, 0.1) is 32.1 Å². The number of methoxy groups -OCH3 is 2. The van der Waals surface area contributed by atoms with Gasteiger partial charge < -0.3 is 24.9 Å². The molecule has 0 bridgehead atoms. The number of fused-ring (bicyclic) bond motifs is 1. The summed E-state index contributed by atoms with van der Waals surface area (Å²) < 4.78 is 12.7. The Hall–Kier alpha value is -3.06. The van der Waals surface area contributed by atoms with E-state index in [9.17, 15) is 4.79 Å². The average Bonchev–Trinajstić information content (AvgIpc) is 2.97. The number of imidazole rings is 1. The van der Waals surface area contributed by atoms with Crippen LogP contribution in [-0.2, 0) is 4.79 Å². The zero-order valence-corrected chi connectivity index (χ0v) is 14.4. The second kappa shape index (κ2) is 6.82. The number of carbonyl (C=O) groups is 1. The highest BCUT2D eigenvalue weighted by molar-refractivity contribution is 5.92. The Bertz CT molecular complexity index is 933. The molecule has 7 nitrogen and oxygen atoms in total. The minimum atomic E-state index is -0.244. The standard InChI is InChI=1S/C18H20N4O3/c1-11-18(14-8-13(24-2)5-6-15(14)25-3)21-16-7-4-12(10-22(11)16)20-17(23)9-19/h4-8,10H,9,19H2,1-3H3,(H,20,23). The van der Waals surface area contributed by atoms with Crippen LogP contribution in [-0.4, -0.2) is 36.1 Å². The number of hydrogen-bond acceptors (Lipinski definition) is 5. The van der Waals surface area contributed by atoms with E-state index in [4.69, 9.17) is 20.2 Å². The third-order valence-corrected chi connectivity index (χ3v) is 3.99. The maximum absolute atomic E-state index is 11.5. The van der Waals surface area contributed by atoms with Gasteiger partial charge in [0, 0.05) is 17.5 Å². The Morgan fingerprint density at radius 2 is 2.04 bits per heavy atom. The first-order valence-corrected chi connectivity index (χ1v) is 7.78. The smallest absolute Gasteiger partial charge is 0.238 e. The van der Waals surface area contributed by atoms with Crippen LogP contribution in [0.15, 0.2) is 36.5 Å². The summed E-state index contributed by atoms with van der Waals surface area (Å²) in [6, 6.07) is 9.22. The summed E-state index contributed by atoms with van der Waals surface area (Å²) in [7, 11) is 3.24. The number of rotatable bonds is 5. The van der Waals surface area contributed by atoms with E-state index in [-0.39, 0.29) is 12.5 Å². The molecule has 0 aliphatic rings. The number of nitrogens with two attached hydrogens (primary N) is 1. The Balaban J connectivity index is 2.12. The van der Waals surface area contributed by atoms with Gasteiger partial charge in [-0.1, -0.05) is 0 Å². The van der Waals surface area contributed by atoms with E-state index in [2.05, 4.69) is 5.32 Å². The van der Waals surface area contributed by atoms with E-state index in [0.29, 0.717) is 11.4 Å². The molecule has 2 aromatic heterocycles. The van der Waals surface area contributed by atoms with Crippen LogP contribution in [0.3, 0.4) is 0 Å². The number of nitrogens with zero attached hydrogens (tertiary/aromatic N) is 2. The van der Waals surface area contributed by atoms with Gasteiger partial charge in [0.2, 0.25) is 5.91 Å². The van der Waals surface area contributed by atoms with Crippen LogP contribution in [0.1, 0.15) is 5.69 Å². The highest BCUT2D eigenvalue weighted by Gasteiger charge is 2.16. The average molecular weight is 340 g/mol. The van der Waals surface area contributed by atoms with Gasteiger partial charge in [0.15, 0.2) is 0 Å². The van der Waals surface area contributed by atoms with Crippen molar-refractivity contribution in [3.8, 4) is 22.8 Å². The third-order valence-electron chi connectivity index (χ3n) is 3.99. The second-order valence-corrected chi connectivity index (χ2v) is 5.51. The van der Waals surface area contributed by atoms with Gasteiger partial charge in [-0.05, 0) is 37.3 Å². The SMILES string of the molecule is COc1ccc(OC)c(-c2nc3ccc(NC(=O)CN)cn3c2C)c1. The zero-order valence-electron chi connectivity index (χ0n) is 14.4. The van der Waals surface area contributed by atoms with Gasteiger partial charge in [-0.25, -0.2) is 4.98 Å². The molecule has 130 valence electrons. The lowest BCUT2D eigenvalue weighted by Gasteiger charge is -2.09. The van der Waals surface area contributed by atoms with Crippen molar-refractivity contribution in [2.24, 2.45) is 5.73 Å². The minimum absolute atomic E-state index is 0.0623. The number of hydrogen-bond donors (Lipinski definition) is 2. The van der Waals surface area contributed by atoms with Gasteiger partial charge in [0.1, 0.15) is 17.1 Å². The van der Waals surface area contributed by atoms with Gasteiger partial charge >= 0.3 is 0 Å². The lowest BCUT2D eigenvalue weighted by Crippen LogP contribution is -2.21. The third kappa shape index (κ3) is 3.14. The van der Waals surface area contributed by atoms with Gasteiger partial charge in [-0.15, -0.1) is 0 Å². The number of carbonyl (C=O) groups excluding carboxylic acids is 1. The molecule has 3 aromatic rings. The Labute approximate surface area is 145 Å². The number of benzene rings is 1. The van der Waals surface area contributed by atoms with E-state index in [1.54, 1.807) is 20.3 Å². The fourth-order valence-corrected chi connectivity index (χ4v) is 2.70. The van der Waals surface area contributed by atoms with Crippen molar-refractivity contribution in [1.29, 1.82) is 0 Å². The molecule has 0 fully saturated rings. The summed E-state index contributed by atoms with van der Waals surface area (Å²) in [4.78, 5) is 16.2. The van der Waals surface area contributed by atoms with Gasteiger partial charge in [-0.2, -0.15) is 0 Å². The lowest BCUT2D eigenvalue weighted by molar-refractivity contribution is -0.114. The Morgan fingerprint density at radius 1 is 1.24 bits per heavy atom. The predicted molar refractivity (Wildman–Crippen MR) is 96.2 cm³/mol. The van der Waals surface area contributed by atoms with E-state index >= 15 is 0 Å². The molecule has 0 unspecified atom stereocenters. The van der Waals surface area contributed by atoms with Crippen LogP contribution in [0.25, 0.3) is 16.9 Å². The first kappa shape index (κ1) is 16.8. The number of pyridine rings is 1. The number of amides is 1. The van der Waals surface area contributed by atoms with Crippen LogP contribution >= 0.6 is 0 Å². The number of ether oxygens (including phenoxy) is 2. The highest BCUT2D eigenvalue weighted by atomic mass is 16.5. The lowest BCUT2D eigenvalue weighted by atomic mass is 10.1. The molecule has 0 spiro atoms. The van der Waals surface area contributed by atoms with Crippen LogP contribution in [0.5, 0.6) is 11.5 Å². The van der Waals surface area contributed by atoms with Gasteiger partial charge in [-0.3, -0.25) is 4.79 Å². The monoisotopic (exact) mass is 340 g/mol. The van der Waals surface area contributed by atoms with E-state index in [0.717, 1.165) is 28.3 Å². The normalized spacial score (nSPS) is 10.7. The first-order valence-electron chi connectivity index (χ1n) is 7.78. The van der Waals surface area contributed by atoms with Crippen molar-refractivity contribution >= 4 is 17.2 Å². The number of anilines is 1. The summed E-state index contributed by atoms with van der Waals surface area (Å²) in [6.45, 7) is 1.90. The fourth-order valence-electron chi connectivity index (χ4n) is 2.70. The molecule has 0 saturated heterocycles.